The predicted octanol–water partition coefficient (Wildman–Crippen LogP) is 3.95. The fraction of sp³-hybridized carbons (Fsp3) is 0.429. The van der Waals surface area contributed by atoms with Crippen LogP contribution in [-0.2, 0) is 4.79 Å². The van der Waals surface area contributed by atoms with Crippen LogP contribution in [-0.4, -0.2) is 39.9 Å². The van der Waals surface area contributed by atoms with E-state index < -0.39 is 6.43 Å². The minimum absolute atomic E-state index is 0.0473. The Balaban J connectivity index is 1.40. The van der Waals surface area contributed by atoms with Crippen molar-refractivity contribution < 1.29 is 18.0 Å². The molecule has 4 rings (SSSR count). The summed E-state index contributed by atoms with van der Waals surface area (Å²) in [5.74, 6) is 1.42. The van der Waals surface area contributed by atoms with E-state index in [0.29, 0.717) is 48.7 Å². The number of rotatable bonds is 6. The molecular weight excluding hydrogens is 392 g/mol. The number of fused-ring (bicyclic) bond motifs is 1. The largest absolute Gasteiger partial charge is 0.441 e. The average Bonchev–Trinajstić information content (AvgIpc) is 3.18. The molecule has 0 saturated heterocycles. The van der Waals surface area contributed by atoms with Gasteiger partial charge in [-0.15, -0.1) is 0 Å². The van der Waals surface area contributed by atoms with Crippen LogP contribution in [0.1, 0.15) is 31.6 Å². The van der Waals surface area contributed by atoms with Gasteiger partial charge in [0.05, 0.1) is 24.5 Å². The van der Waals surface area contributed by atoms with Gasteiger partial charge in [0.2, 0.25) is 5.91 Å². The lowest BCUT2D eigenvalue weighted by atomic mass is 9.85. The average molecular weight is 415 g/mol. The van der Waals surface area contributed by atoms with Gasteiger partial charge in [0.25, 0.3) is 6.43 Å². The Kier molecular flexibility index (Phi) is 5.98. The van der Waals surface area contributed by atoms with Crippen molar-refractivity contribution in [1.82, 2.24) is 20.3 Å². The molecule has 1 amide bonds. The van der Waals surface area contributed by atoms with Crippen LogP contribution in [0.15, 0.2) is 35.1 Å². The fourth-order valence-electron chi connectivity index (χ4n) is 3.77. The van der Waals surface area contributed by atoms with Crippen molar-refractivity contribution >= 4 is 22.6 Å². The number of nitrogens with zero attached hydrogens (tertiary/aromatic N) is 3. The molecule has 30 heavy (non-hydrogen) atoms. The number of alkyl halides is 2. The van der Waals surface area contributed by atoms with Crippen LogP contribution in [0.4, 0.5) is 14.6 Å². The standard InChI is InChI=1S/C21H23F2N5O2/c1-12-24-10-18(30-12)15-6-14-7-20(27-9-17(14)26-8-15)28-21(29)13-2-4-16(5-3-13)25-11-19(22)23/h6-10,13,16,19,25H,2-5,11H2,1H3,(H,27,28,29). The summed E-state index contributed by atoms with van der Waals surface area (Å²) in [5, 5.41) is 6.56. The molecule has 3 aromatic heterocycles. The molecule has 158 valence electrons. The molecule has 0 bridgehead atoms. The zero-order valence-electron chi connectivity index (χ0n) is 16.6. The van der Waals surface area contributed by atoms with Gasteiger partial charge in [-0.1, -0.05) is 0 Å². The lowest BCUT2D eigenvalue weighted by molar-refractivity contribution is -0.120. The number of hydrogen-bond acceptors (Lipinski definition) is 6. The van der Waals surface area contributed by atoms with Gasteiger partial charge < -0.3 is 15.1 Å². The maximum atomic E-state index is 12.6. The van der Waals surface area contributed by atoms with Crippen LogP contribution in [0.5, 0.6) is 0 Å². The summed E-state index contributed by atoms with van der Waals surface area (Å²) in [5.41, 5.74) is 1.50. The van der Waals surface area contributed by atoms with Crippen LogP contribution < -0.4 is 10.6 Å². The molecule has 1 fully saturated rings. The second-order valence-electron chi connectivity index (χ2n) is 7.57. The summed E-state index contributed by atoms with van der Waals surface area (Å²) in [7, 11) is 0. The minimum atomic E-state index is -2.35. The second-order valence-corrected chi connectivity index (χ2v) is 7.57. The first-order valence-corrected chi connectivity index (χ1v) is 9.99. The van der Waals surface area contributed by atoms with E-state index in [-0.39, 0.29) is 24.4 Å². The number of halogens is 2. The normalized spacial score (nSPS) is 19.3. The highest BCUT2D eigenvalue weighted by Crippen LogP contribution is 2.27. The zero-order valence-corrected chi connectivity index (χ0v) is 16.6. The number of carbonyl (C=O) groups is 1. The highest BCUT2D eigenvalue weighted by atomic mass is 19.3. The van der Waals surface area contributed by atoms with Crippen LogP contribution in [0.3, 0.4) is 0 Å². The monoisotopic (exact) mass is 415 g/mol. The van der Waals surface area contributed by atoms with E-state index in [1.165, 1.54) is 0 Å². The molecule has 1 saturated carbocycles. The van der Waals surface area contributed by atoms with Gasteiger partial charge in [0.15, 0.2) is 11.7 Å². The van der Waals surface area contributed by atoms with Gasteiger partial charge in [-0.2, -0.15) is 0 Å². The van der Waals surface area contributed by atoms with Crippen molar-refractivity contribution in [1.29, 1.82) is 0 Å². The number of pyridine rings is 2. The number of carbonyl (C=O) groups excluding carboxylic acids is 1. The highest BCUT2D eigenvalue weighted by molar-refractivity contribution is 5.94. The summed E-state index contributed by atoms with van der Waals surface area (Å²) in [6, 6.07) is 3.74. The van der Waals surface area contributed by atoms with E-state index in [1.54, 1.807) is 31.6 Å². The van der Waals surface area contributed by atoms with Crippen molar-refractivity contribution in [2.45, 2.75) is 45.1 Å². The lowest BCUT2D eigenvalue weighted by Crippen LogP contribution is -2.38. The molecule has 1 aliphatic carbocycles. The first-order valence-electron chi connectivity index (χ1n) is 9.99. The Morgan fingerprint density at radius 1 is 1.13 bits per heavy atom. The Morgan fingerprint density at radius 3 is 2.63 bits per heavy atom. The van der Waals surface area contributed by atoms with Gasteiger partial charge in [-0.05, 0) is 37.8 Å². The summed E-state index contributed by atoms with van der Waals surface area (Å²) >= 11 is 0. The molecule has 3 heterocycles. The molecule has 0 aromatic carbocycles. The first-order chi connectivity index (χ1) is 14.5. The quantitative estimate of drug-likeness (QED) is 0.633. The van der Waals surface area contributed by atoms with Crippen LogP contribution in [0, 0.1) is 12.8 Å². The first kappa shape index (κ1) is 20.3. The minimum Gasteiger partial charge on any atom is -0.441 e. The maximum absolute atomic E-state index is 12.6. The van der Waals surface area contributed by atoms with E-state index in [1.807, 2.05) is 6.07 Å². The Morgan fingerprint density at radius 2 is 1.93 bits per heavy atom. The van der Waals surface area contributed by atoms with E-state index in [0.717, 1.165) is 10.9 Å². The molecule has 0 spiro atoms. The maximum Gasteiger partial charge on any atom is 0.250 e. The number of anilines is 1. The molecule has 9 heteroatoms. The van der Waals surface area contributed by atoms with Crippen LogP contribution in [0.25, 0.3) is 22.2 Å². The number of nitrogens with one attached hydrogen (secondary N) is 2. The SMILES string of the molecule is Cc1ncc(-c2cnc3cnc(NC(=O)C4CCC(NCC(F)F)CC4)cc3c2)o1. The summed E-state index contributed by atoms with van der Waals surface area (Å²) < 4.78 is 30.2. The molecule has 0 atom stereocenters. The smallest absolute Gasteiger partial charge is 0.250 e. The molecule has 2 N–H and O–H groups in total. The van der Waals surface area contributed by atoms with Gasteiger partial charge >= 0.3 is 0 Å². The van der Waals surface area contributed by atoms with Crippen LogP contribution in [0.2, 0.25) is 0 Å². The van der Waals surface area contributed by atoms with E-state index in [9.17, 15) is 13.6 Å². The Bertz CT molecular complexity index is 1030. The van der Waals surface area contributed by atoms with Crippen molar-refractivity contribution in [3.63, 3.8) is 0 Å². The van der Waals surface area contributed by atoms with Crippen LogP contribution >= 0.6 is 0 Å². The molecule has 3 aromatic rings. The molecule has 0 radical (unpaired) electrons. The topological polar surface area (TPSA) is 92.9 Å². The van der Waals surface area contributed by atoms with Gasteiger partial charge in [-0.25, -0.2) is 18.7 Å². The van der Waals surface area contributed by atoms with E-state index in [4.69, 9.17) is 4.42 Å². The highest BCUT2D eigenvalue weighted by Gasteiger charge is 2.26. The molecule has 1 aliphatic rings. The predicted molar refractivity (Wildman–Crippen MR) is 108 cm³/mol. The molecular formula is C21H23F2N5O2. The molecule has 0 unspecified atom stereocenters. The summed E-state index contributed by atoms with van der Waals surface area (Å²) in [4.78, 5) is 25.4. The number of amides is 1. The number of oxazole rings is 1. The second kappa shape index (κ2) is 8.83. The lowest BCUT2D eigenvalue weighted by Gasteiger charge is -2.28. The third kappa shape index (κ3) is 4.79. The molecule has 7 nitrogen and oxygen atoms in total. The van der Waals surface area contributed by atoms with Gasteiger partial charge in [0, 0.05) is 36.0 Å². The van der Waals surface area contributed by atoms with Crippen molar-refractivity contribution in [3.05, 3.63) is 36.6 Å². The Hall–Kier alpha value is -2.94. The van der Waals surface area contributed by atoms with Crippen molar-refractivity contribution in [2.75, 3.05) is 11.9 Å². The molecule has 0 aliphatic heterocycles. The van der Waals surface area contributed by atoms with Crippen molar-refractivity contribution in [2.24, 2.45) is 5.92 Å². The van der Waals surface area contributed by atoms with E-state index in [2.05, 4.69) is 25.6 Å². The fourth-order valence-corrected chi connectivity index (χ4v) is 3.77. The third-order valence-electron chi connectivity index (χ3n) is 5.38. The summed E-state index contributed by atoms with van der Waals surface area (Å²) in [6.45, 7) is 1.48. The number of aromatic nitrogens is 3. The van der Waals surface area contributed by atoms with E-state index >= 15 is 0 Å². The number of aryl methyl sites for hydroxylation is 1. The zero-order chi connectivity index (χ0) is 21.1. The van der Waals surface area contributed by atoms with Gasteiger partial charge in [-0.3, -0.25) is 9.78 Å². The third-order valence-corrected chi connectivity index (χ3v) is 5.38. The Labute approximate surface area is 172 Å². The van der Waals surface area contributed by atoms with Crippen molar-refractivity contribution in [3.8, 4) is 11.3 Å². The summed E-state index contributed by atoms with van der Waals surface area (Å²) in [6.07, 6.45) is 5.35. The van der Waals surface area contributed by atoms with Gasteiger partial charge in [0.1, 0.15) is 5.82 Å². The number of hydrogen-bond donors (Lipinski definition) is 2.